The van der Waals surface area contributed by atoms with E-state index in [2.05, 4.69) is 165 Å². The molecule has 4 heterocycles. The van der Waals surface area contributed by atoms with E-state index in [9.17, 15) is 0 Å². The van der Waals surface area contributed by atoms with Crippen LogP contribution in [0.3, 0.4) is 0 Å². The minimum atomic E-state index is 1.18. The predicted molar refractivity (Wildman–Crippen MR) is 190 cm³/mol. The molecule has 0 bridgehead atoms. The molecule has 0 aliphatic carbocycles. The Morgan fingerprint density at radius 1 is 0.267 bits per heavy atom. The van der Waals surface area contributed by atoms with Gasteiger partial charge in [0.05, 0.1) is 50.0 Å². The average molecular weight is 572 g/mol. The lowest BCUT2D eigenvalue weighted by atomic mass is 10.1. The number of rotatable bonds is 2. The van der Waals surface area contributed by atoms with Crippen molar-refractivity contribution in [3.8, 4) is 11.4 Å². The molecule has 0 saturated heterocycles. The van der Waals surface area contributed by atoms with E-state index in [1.807, 2.05) is 0 Å². The molecule has 0 fully saturated rings. The van der Waals surface area contributed by atoms with Gasteiger partial charge in [0.2, 0.25) is 0 Å². The first-order chi connectivity index (χ1) is 22.4. The summed E-state index contributed by atoms with van der Waals surface area (Å²) in [6.07, 6.45) is 0. The Morgan fingerprint density at radius 3 is 1.36 bits per heavy atom. The van der Waals surface area contributed by atoms with Crippen LogP contribution >= 0.6 is 0 Å². The molecule has 3 nitrogen and oxygen atoms in total. The lowest BCUT2D eigenvalue weighted by Gasteiger charge is -2.15. The molecule has 7 aromatic carbocycles. The fourth-order valence-electron chi connectivity index (χ4n) is 8.24. The summed E-state index contributed by atoms with van der Waals surface area (Å²) in [4.78, 5) is 0. The molecular weight excluding hydrogens is 546 g/mol. The van der Waals surface area contributed by atoms with Crippen molar-refractivity contribution in [3.63, 3.8) is 0 Å². The lowest BCUT2D eigenvalue weighted by Crippen LogP contribution is -2.01. The molecule has 3 heteroatoms. The maximum absolute atomic E-state index is 2.53. The van der Waals surface area contributed by atoms with Crippen LogP contribution in [0.5, 0.6) is 0 Å². The van der Waals surface area contributed by atoms with Crippen LogP contribution in [0.2, 0.25) is 0 Å². The van der Waals surface area contributed by atoms with Gasteiger partial charge in [0.1, 0.15) is 0 Å². The van der Waals surface area contributed by atoms with Gasteiger partial charge < -0.3 is 13.5 Å². The van der Waals surface area contributed by atoms with Crippen molar-refractivity contribution in [3.05, 3.63) is 152 Å². The minimum absolute atomic E-state index is 1.18. The van der Waals surface area contributed by atoms with Crippen LogP contribution in [0.15, 0.2) is 152 Å². The van der Waals surface area contributed by atoms with Gasteiger partial charge in [-0.15, -0.1) is 0 Å². The molecule has 4 aromatic heterocycles. The SMILES string of the molecule is c1ccc2c(c1)c1ccccc1n2-c1cccc2c3ccccc3n(-c3ccc4c5ccccc5n5c6ccccc6c3c45)c12. The van der Waals surface area contributed by atoms with Crippen molar-refractivity contribution < 1.29 is 0 Å². The molecular formula is C42H25N3. The van der Waals surface area contributed by atoms with E-state index in [-0.39, 0.29) is 0 Å². The van der Waals surface area contributed by atoms with Crippen molar-refractivity contribution in [2.45, 2.75) is 0 Å². The van der Waals surface area contributed by atoms with Crippen LogP contribution in [-0.2, 0) is 0 Å². The van der Waals surface area contributed by atoms with Crippen LogP contribution in [0.1, 0.15) is 0 Å². The number of nitrogens with zero attached hydrogens (tertiary/aromatic N) is 3. The molecule has 0 spiro atoms. The molecule has 0 N–H and O–H groups in total. The van der Waals surface area contributed by atoms with E-state index in [0.29, 0.717) is 0 Å². The highest BCUT2D eigenvalue weighted by atomic mass is 15.1. The van der Waals surface area contributed by atoms with Gasteiger partial charge in [-0.1, -0.05) is 109 Å². The molecule has 11 aromatic rings. The molecule has 0 radical (unpaired) electrons. The summed E-state index contributed by atoms with van der Waals surface area (Å²) < 4.78 is 7.47. The largest absolute Gasteiger partial charge is 0.308 e. The van der Waals surface area contributed by atoms with Crippen LogP contribution in [0.25, 0.3) is 93.1 Å². The van der Waals surface area contributed by atoms with Gasteiger partial charge in [-0.2, -0.15) is 0 Å². The van der Waals surface area contributed by atoms with Gasteiger partial charge in [0.25, 0.3) is 0 Å². The van der Waals surface area contributed by atoms with E-state index in [4.69, 9.17) is 0 Å². The van der Waals surface area contributed by atoms with Crippen LogP contribution in [-0.4, -0.2) is 13.5 Å². The van der Waals surface area contributed by atoms with E-state index < -0.39 is 0 Å². The van der Waals surface area contributed by atoms with Crippen LogP contribution in [0.4, 0.5) is 0 Å². The number of hydrogen-bond acceptors (Lipinski definition) is 0. The summed E-state index contributed by atoms with van der Waals surface area (Å²) in [5.74, 6) is 0. The second kappa shape index (κ2) is 8.31. The third-order valence-corrected chi connectivity index (χ3v) is 9.96. The Balaban J connectivity index is 1.38. The van der Waals surface area contributed by atoms with Crippen LogP contribution in [0, 0.1) is 0 Å². The van der Waals surface area contributed by atoms with E-state index in [0.717, 1.165) is 0 Å². The maximum Gasteiger partial charge on any atom is 0.0782 e. The zero-order valence-electron chi connectivity index (χ0n) is 24.3. The van der Waals surface area contributed by atoms with Crippen molar-refractivity contribution >= 4 is 81.7 Å². The monoisotopic (exact) mass is 571 g/mol. The quantitative estimate of drug-likeness (QED) is 0.196. The number of benzene rings is 7. The maximum atomic E-state index is 2.53. The smallest absolute Gasteiger partial charge is 0.0782 e. The molecule has 45 heavy (non-hydrogen) atoms. The first kappa shape index (κ1) is 23.4. The molecule has 11 rings (SSSR count). The second-order valence-corrected chi connectivity index (χ2v) is 12.1. The van der Waals surface area contributed by atoms with E-state index >= 15 is 0 Å². The zero-order valence-corrected chi connectivity index (χ0v) is 24.3. The summed E-state index contributed by atoms with van der Waals surface area (Å²) in [7, 11) is 0. The summed E-state index contributed by atoms with van der Waals surface area (Å²) >= 11 is 0. The molecule has 0 saturated carbocycles. The summed E-state index contributed by atoms with van der Waals surface area (Å²) in [6, 6.07) is 55.6. The lowest BCUT2D eigenvalue weighted by molar-refractivity contribution is 1.14. The Labute approximate surface area is 257 Å². The van der Waals surface area contributed by atoms with Crippen LogP contribution < -0.4 is 0 Å². The number of hydrogen-bond donors (Lipinski definition) is 0. The molecule has 0 amide bonds. The molecule has 0 aliphatic rings. The summed E-state index contributed by atoms with van der Waals surface area (Å²) in [6.45, 7) is 0. The average Bonchev–Trinajstić information content (AvgIpc) is 3.83. The van der Waals surface area contributed by atoms with Gasteiger partial charge >= 0.3 is 0 Å². The number of aromatic nitrogens is 3. The van der Waals surface area contributed by atoms with Gasteiger partial charge in [0.15, 0.2) is 0 Å². The highest BCUT2D eigenvalue weighted by molar-refractivity contribution is 6.26. The van der Waals surface area contributed by atoms with E-state index in [1.54, 1.807) is 0 Å². The zero-order chi connectivity index (χ0) is 29.2. The normalized spacial score (nSPS) is 12.4. The van der Waals surface area contributed by atoms with Gasteiger partial charge in [0, 0.05) is 43.1 Å². The van der Waals surface area contributed by atoms with Crippen molar-refractivity contribution in [1.82, 2.24) is 13.5 Å². The summed E-state index contributed by atoms with van der Waals surface area (Å²) in [5.41, 5.74) is 11.0. The Hall–Kier alpha value is -6.06. The first-order valence-electron chi connectivity index (χ1n) is 15.6. The first-order valence-corrected chi connectivity index (χ1v) is 15.6. The Kier molecular flexibility index (Phi) is 4.32. The highest BCUT2D eigenvalue weighted by Gasteiger charge is 2.24. The predicted octanol–water partition coefficient (Wildman–Crippen LogP) is 11.0. The molecule has 0 unspecified atom stereocenters. The molecule has 0 aliphatic heterocycles. The minimum Gasteiger partial charge on any atom is -0.308 e. The van der Waals surface area contributed by atoms with Gasteiger partial charge in [-0.25, -0.2) is 0 Å². The molecule has 0 atom stereocenters. The van der Waals surface area contributed by atoms with Gasteiger partial charge in [-0.3, -0.25) is 0 Å². The summed E-state index contributed by atoms with van der Waals surface area (Å²) in [5, 5.41) is 10.2. The third-order valence-electron chi connectivity index (χ3n) is 9.96. The third kappa shape index (κ3) is 2.82. The Bertz CT molecular complexity index is 2930. The van der Waals surface area contributed by atoms with E-state index in [1.165, 1.54) is 93.1 Å². The number of fused-ring (bicyclic) bond motifs is 12. The van der Waals surface area contributed by atoms with Gasteiger partial charge in [-0.05, 0) is 42.5 Å². The number of para-hydroxylation sites is 6. The standard InChI is InChI=1S/C42H25N3/c1-6-18-33-26(12-1)27-13-2-7-19-34(27)43(33)39-23-11-17-30-28-14-3-9-21-36(28)45(41(30)39)38-25-24-31-29-15-4-8-20-35(29)44-37-22-10-5-16-32(37)40(38)42(31)44/h1-25H. The molecule has 208 valence electrons. The highest BCUT2D eigenvalue weighted by Crippen LogP contribution is 2.45. The van der Waals surface area contributed by atoms with Crippen molar-refractivity contribution in [1.29, 1.82) is 0 Å². The fraction of sp³-hybridized carbons (Fsp3) is 0. The van der Waals surface area contributed by atoms with Crippen molar-refractivity contribution in [2.75, 3.05) is 0 Å². The Morgan fingerprint density at radius 2 is 0.711 bits per heavy atom. The fourth-order valence-corrected chi connectivity index (χ4v) is 8.24. The second-order valence-electron chi connectivity index (χ2n) is 12.1. The van der Waals surface area contributed by atoms with Crippen molar-refractivity contribution in [2.24, 2.45) is 0 Å². The topological polar surface area (TPSA) is 14.3 Å².